The summed E-state index contributed by atoms with van der Waals surface area (Å²) in [4.78, 5) is 8.89. The van der Waals surface area contributed by atoms with Crippen LogP contribution in [0.15, 0.2) is 59.5 Å². The van der Waals surface area contributed by atoms with Crippen LogP contribution < -0.4 is 14.2 Å². The van der Waals surface area contributed by atoms with Crippen molar-refractivity contribution < 1.29 is 17.9 Å². The second-order valence-corrected chi connectivity index (χ2v) is 9.35. The van der Waals surface area contributed by atoms with E-state index in [2.05, 4.69) is 19.8 Å². The summed E-state index contributed by atoms with van der Waals surface area (Å²) in [5, 5.41) is 4.55. The fraction of sp³-hybridized carbons (Fsp3) is 0.208. The lowest BCUT2D eigenvalue weighted by atomic mass is 10.2. The number of sulfonamides is 1. The minimum atomic E-state index is -3.82. The molecule has 0 atom stereocenters. The van der Waals surface area contributed by atoms with Gasteiger partial charge in [0.05, 0.1) is 12.8 Å². The molecule has 4 aromatic rings. The summed E-state index contributed by atoms with van der Waals surface area (Å²) in [5.41, 5.74) is 3.41. The first-order chi connectivity index (χ1) is 16.2. The molecule has 2 aromatic carbocycles. The minimum absolute atomic E-state index is 0.0567. The van der Waals surface area contributed by atoms with Crippen LogP contribution in [0, 0.1) is 27.7 Å². The molecule has 2 aromatic heterocycles. The molecule has 4 rings (SSSR count). The SMILES string of the molecule is COc1ccccc1S(=O)(=O)Nc1ccc(Oc2cc(-n3nc(C)c(C)c3C)nc(C)n2)cc1. The van der Waals surface area contributed by atoms with Crippen LogP contribution >= 0.6 is 0 Å². The van der Waals surface area contributed by atoms with Crippen molar-refractivity contribution in [3.05, 3.63) is 77.4 Å². The third kappa shape index (κ3) is 4.72. The molecule has 1 N–H and O–H groups in total. The number of aromatic nitrogens is 4. The third-order valence-corrected chi connectivity index (χ3v) is 6.78. The first-order valence-corrected chi connectivity index (χ1v) is 12.0. The van der Waals surface area contributed by atoms with Crippen molar-refractivity contribution in [3.8, 4) is 23.2 Å². The van der Waals surface area contributed by atoms with Gasteiger partial charge < -0.3 is 9.47 Å². The molecule has 9 nitrogen and oxygen atoms in total. The van der Waals surface area contributed by atoms with E-state index in [1.807, 2.05) is 20.8 Å². The van der Waals surface area contributed by atoms with E-state index in [1.165, 1.54) is 13.2 Å². The van der Waals surface area contributed by atoms with Crippen LogP contribution in [0.1, 0.15) is 22.8 Å². The molecule has 0 saturated heterocycles. The Morgan fingerprint density at radius 1 is 0.941 bits per heavy atom. The number of para-hydroxylation sites is 1. The molecular weight excluding hydrogens is 454 g/mol. The van der Waals surface area contributed by atoms with E-state index in [-0.39, 0.29) is 10.6 Å². The Balaban J connectivity index is 1.54. The summed E-state index contributed by atoms with van der Waals surface area (Å²) in [7, 11) is -2.39. The van der Waals surface area contributed by atoms with Crippen LogP contribution in [-0.2, 0) is 10.0 Å². The van der Waals surface area contributed by atoms with Gasteiger partial charge in [-0.05, 0) is 69.7 Å². The molecule has 0 spiro atoms. The molecule has 0 aliphatic heterocycles. The lowest BCUT2D eigenvalue weighted by molar-refractivity contribution is 0.403. The largest absolute Gasteiger partial charge is 0.495 e. The van der Waals surface area contributed by atoms with Gasteiger partial charge in [0.2, 0.25) is 5.88 Å². The highest BCUT2D eigenvalue weighted by Gasteiger charge is 2.19. The van der Waals surface area contributed by atoms with Gasteiger partial charge >= 0.3 is 0 Å². The molecule has 0 aliphatic rings. The molecule has 0 bridgehead atoms. The molecule has 0 aliphatic carbocycles. The fourth-order valence-electron chi connectivity index (χ4n) is 3.39. The fourth-order valence-corrected chi connectivity index (χ4v) is 4.62. The van der Waals surface area contributed by atoms with Gasteiger partial charge in [-0.3, -0.25) is 4.72 Å². The van der Waals surface area contributed by atoms with Gasteiger partial charge in [-0.15, -0.1) is 0 Å². The topological polar surface area (TPSA) is 108 Å². The van der Waals surface area contributed by atoms with Gasteiger partial charge in [0, 0.05) is 17.4 Å². The van der Waals surface area contributed by atoms with Gasteiger partial charge in [-0.25, -0.2) is 18.1 Å². The van der Waals surface area contributed by atoms with E-state index in [4.69, 9.17) is 9.47 Å². The van der Waals surface area contributed by atoms with Crippen LogP contribution in [0.5, 0.6) is 17.4 Å². The number of ether oxygens (including phenoxy) is 2. The monoisotopic (exact) mass is 479 g/mol. The normalized spacial score (nSPS) is 11.3. The van der Waals surface area contributed by atoms with Gasteiger partial charge in [0.25, 0.3) is 10.0 Å². The predicted octanol–water partition coefficient (Wildman–Crippen LogP) is 4.50. The van der Waals surface area contributed by atoms with Crippen LogP contribution in [0.2, 0.25) is 0 Å². The highest BCUT2D eigenvalue weighted by Crippen LogP contribution is 2.27. The molecule has 0 fully saturated rings. The van der Waals surface area contributed by atoms with Crippen molar-refractivity contribution in [2.45, 2.75) is 32.6 Å². The molecule has 0 unspecified atom stereocenters. The van der Waals surface area contributed by atoms with Crippen LogP contribution in [-0.4, -0.2) is 35.3 Å². The maximum absolute atomic E-state index is 12.8. The van der Waals surface area contributed by atoms with Crippen molar-refractivity contribution in [2.75, 3.05) is 11.8 Å². The lowest BCUT2D eigenvalue weighted by Crippen LogP contribution is -2.13. The highest BCUT2D eigenvalue weighted by atomic mass is 32.2. The van der Waals surface area contributed by atoms with Crippen LogP contribution in [0.3, 0.4) is 0 Å². The Morgan fingerprint density at radius 3 is 2.29 bits per heavy atom. The molecule has 176 valence electrons. The van der Waals surface area contributed by atoms with Crippen molar-refractivity contribution >= 4 is 15.7 Å². The van der Waals surface area contributed by atoms with Crippen LogP contribution in [0.4, 0.5) is 5.69 Å². The molecular formula is C24H25N5O4S. The van der Waals surface area contributed by atoms with E-state index in [0.717, 1.165) is 17.0 Å². The molecule has 0 saturated carbocycles. The quantitative estimate of drug-likeness (QED) is 0.416. The predicted molar refractivity (Wildman–Crippen MR) is 128 cm³/mol. The van der Waals surface area contributed by atoms with E-state index < -0.39 is 10.0 Å². The van der Waals surface area contributed by atoms with Gasteiger partial charge in [-0.2, -0.15) is 10.1 Å². The summed E-state index contributed by atoms with van der Waals surface area (Å²) in [6, 6.07) is 14.7. The van der Waals surface area contributed by atoms with Crippen LogP contribution in [0.25, 0.3) is 5.82 Å². The van der Waals surface area contributed by atoms with Crippen molar-refractivity contribution in [1.29, 1.82) is 0 Å². The number of nitrogens with one attached hydrogen (secondary N) is 1. The first-order valence-electron chi connectivity index (χ1n) is 10.5. The van der Waals surface area contributed by atoms with E-state index in [9.17, 15) is 8.42 Å². The van der Waals surface area contributed by atoms with Crippen molar-refractivity contribution in [2.24, 2.45) is 0 Å². The number of methoxy groups -OCH3 is 1. The second-order valence-electron chi connectivity index (χ2n) is 7.70. The third-order valence-electron chi connectivity index (χ3n) is 5.36. The Bertz CT molecular complexity index is 1450. The number of hydrogen-bond donors (Lipinski definition) is 1. The Kier molecular flexibility index (Phi) is 6.25. The lowest BCUT2D eigenvalue weighted by Gasteiger charge is -2.12. The molecule has 10 heteroatoms. The number of anilines is 1. The average molecular weight is 480 g/mol. The number of aryl methyl sites for hydroxylation is 2. The van der Waals surface area contributed by atoms with E-state index >= 15 is 0 Å². The molecule has 0 amide bonds. The zero-order valence-corrected chi connectivity index (χ0v) is 20.3. The van der Waals surface area contributed by atoms with E-state index in [0.29, 0.717) is 29.0 Å². The number of hydrogen-bond acceptors (Lipinski definition) is 7. The van der Waals surface area contributed by atoms with Crippen molar-refractivity contribution in [3.63, 3.8) is 0 Å². The molecule has 0 radical (unpaired) electrons. The first kappa shape index (κ1) is 23.2. The minimum Gasteiger partial charge on any atom is -0.495 e. The number of benzene rings is 2. The van der Waals surface area contributed by atoms with Crippen molar-refractivity contribution in [1.82, 2.24) is 19.7 Å². The Hall–Kier alpha value is -3.92. The molecule has 34 heavy (non-hydrogen) atoms. The summed E-state index contributed by atoms with van der Waals surface area (Å²) in [5.74, 6) is 2.27. The summed E-state index contributed by atoms with van der Waals surface area (Å²) < 4.78 is 40.9. The smallest absolute Gasteiger partial charge is 0.265 e. The Morgan fingerprint density at radius 2 is 1.65 bits per heavy atom. The highest BCUT2D eigenvalue weighted by molar-refractivity contribution is 7.92. The standard InChI is InChI=1S/C24H25N5O4S/c1-15-16(2)27-29(17(15)3)23-14-24(26-18(4)25-23)33-20-12-10-19(11-13-20)28-34(30,31)22-9-7-6-8-21(22)32-5/h6-14,28H,1-5H3. The maximum atomic E-state index is 12.8. The average Bonchev–Trinajstić information content (AvgIpc) is 3.07. The Labute approximate surface area is 198 Å². The maximum Gasteiger partial charge on any atom is 0.265 e. The zero-order valence-electron chi connectivity index (χ0n) is 19.5. The van der Waals surface area contributed by atoms with Gasteiger partial charge in [-0.1, -0.05) is 12.1 Å². The second kappa shape index (κ2) is 9.14. The van der Waals surface area contributed by atoms with Gasteiger partial charge in [0.1, 0.15) is 22.2 Å². The molecule has 2 heterocycles. The van der Waals surface area contributed by atoms with Gasteiger partial charge in [0.15, 0.2) is 5.82 Å². The van der Waals surface area contributed by atoms with E-state index in [1.54, 1.807) is 60.1 Å². The number of nitrogens with zero attached hydrogens (tertiary/aromatic N) is 4. The number of rotatable bonds is 7. The summed E-state index contributed by atoms with van der Waals surface area (Å²) >= 11 is 0. The summed E-state index contributed by atoms with van der Waals surface area (Å²) in [6.07, 6.45) is 0. The zero-order chi connectivity index (χ0) is 24.5. The summed E-state index contributed by atoms with van der Waals surface area (Å²) in [6.45, 7) is 7.74.